The average molecular weight is 583 g/mol. The van der Waals surface area contributed by atoms with Crippen molar-refractivity contribution in [1.82, 2.24) is 4.57 Å². The summed E-state index contributed by atoms with van der Waals surface area (Å²) in [6.45, 7) is 2.01. The molecule has 0 fully saturated rings. The third-order valence-electron chi connectivity index (χ3n) is 8.45. The normalized spacial score (nSPS) is 13.3. The molecule has 0 bridgehead atoms. The number of aromatic nitrogens is 1. The van der Waals surface area contributed by atoms with E-state index < -0.39 is 6.17 Å². The third-order valence-corrected chi connectivity index (χ3v) is 8.45. The largest absolute Gasteiger partial charge is 0.456 e. The van der Waals surface area contributed by atoms with Gasteiger partial charge in [0.05, 0.1) is 11.0 Å². The van der Waals surface area contributed by atoms with Crippen LogP contribution in [0.3, 0.4) is 0 Å². The predicted octanol–water partition coefficient (Wildman–Crippen LogP) is 9.60. The fourth-order valence-corrected chi connectivity index (χ4v) is 6.21. The summed E-state index contributed by atoms with van der Waals surface area (Å²) in [7, 11) is 0. The van der Waals surface area contributed by atoms with Crippen molar-refractivity contribution in [2.75, 3.05) is 0 Å². The molecule has 1 atom stereocenters. The van der Waals surface area contributed by atoms with E-state index in [0.717, 1.165) is 50.0 Å². The first kappa shape index (κ1) is 26.7. The summed E-state index contributed by atoms with van der Waals surface area (Å²) in [5.74, 6) is 0.420. The molecule has 0 saturated heterocycles. The van der Waals surface area contributed by atoms with Gasteiger partial charge in [0, 0.05) is 38.5 Å². The van der Waals surface area contributed by atoms with Gasteiger partial charge in [0.2, 0.25) is 0 Å². The van der Waals surface area contributed by atoms with Gasteiger partial charge in [-0.15, -0.1) is 0 Å². The van der Waals surface area contributed by atoms with Gasteiger partial charge in [0.1, 0.15) is 17.0 Å². The van der Waals surface area contributed by atoms with Crippen LogP contribution >= 0.6 is 0 Å². The number of amidine groups is 1. The van der Waals surface area contributed by atoms with Crippen molar-refractivity contribution in [3.63, 3.8) is 0 Å². The SMILES string of the molecule is CC(=NC(N=C(N)c1ccc2oc3ccc(-n4c5ccccc5c5ccccc54)cc3c2c1)c1ccccc1)c1ccccc1. The van der Waals surface area contributed by atoms with Gasteiger partial charge in [-0.25, -0.2) is 4.99 Å². The van der Waals surface area contributed by atoms with Crippen LogP contribution in [0.25, 0.3) is 49.4 Å². The summed E-state index contributed by atoms with van der Waals surface area (Å²) < 4.78 is 8.59. The topological polar surface area (TPSA) is 68.8 Å². The Morgan fingerprint density at radius 3 is 1.84 bits per heavy atom. The van der Waals surface area contributed by atoms with Gasteiger partial charge in [-0.1, -0.05) is 97.1 Å². The van der Waals surface area contributed by atoms with Gasteiger partial charge in [0.15, 0.2) is 6.17 Å². The number of rotatable bonds is 6. The Hall–Kier alpha value is -5.94. The lowest BCUT2D eigenvalue weighted by atomic mass is 10.1. The molecule has 5 heteroatoms. The van der Waals surface area contributed by atoms with Crippen molar-refractivity contribution in [1.29, 1.82) is 0 Å². The standard InChI is InChI=1S/C40H30N4O/c1-26(27-12-4-2-5-13-27)42-40(28-14-6-3-7-15-28)43-39(41)29-20-22-37-33(24-29)34-25-30(21-23-38(34)45-37)44-35-18-10-8-16-31(35)32-17-9-11-19-36(32)44/h2-25,40H,1H3,(H2,41,43). The lowest BCUT2D eigenvalue weighted by Gasteiger charge is -2.12. The van der Waals surface area contributed by atoms with Gasteiger partial charge in [0.25, 0.3) is 0 Å². The summed E-state index contributed by atoms with van der Waals surface area (Å²) in [5.41, 5.74) is 15.5. The Bertz CT molecular complexity index is 2350. The maximum absolute atomic E-state index is 6.73. The maximum atomic E-state index is 6.73. The van der Waals surface area contributed by atoms with Crippen molar-refractivity contribution in [2.24, 2.45) is 15.7 Å². The number of aliphatic imine (C=N–C) groups is 2. The number of fused-ring (bicyclic) bond motifs is 6. The van der Waals surface area contributed by atoms with Gasteiger partial charge in [-0.05, 0) is 66.6 Å². The summed E-state index contributed by atoms with van der Waals surface area (Å²) in [6, 6.07) is 49.7. The average Bonchev–Trinajstić information content (AvgIpc) is 3.63. The molecule has 0 aliphatic rings. The zero-order valence-electron chi connectivity index (χ0n) is 24.8. The molecule has 0 saturated carbocycles. The van der Waals surface area contributed by atoms with Crippen LogP contribution in [0.15, 0.2) is 160 Å². The van der Waals surface area contributed by atoms with Gasteiger partial charge >= 0.3 is 0 Å². The van der Waals surface area contributed by atoms with Crippen molar-refractivity contribution >= 4 is 55.3 Å². The van der Waals surface area contributed by atoms with E-state index in [1.165, 1.54) is 21.8 Å². The molecule has 216 valence electrons. The van der Waals surface area contributed by atoms with Crippen LogP contribution in [0, 0.1) is 0 Å². The minimum Gasteiger partial charge on any atom is -0.456 e. The van der Waals surface area contributed by atoms with E-state index in [1.54, 1.807) is 0 Å². The zero-order chi connectivity index (χ0) is 30.3. The van der Waals surface area contributed by atoms with Crippen molar-refractivity contribution in [3.05, 3.63) is 162 Å². The summed E-state index contributed by atoms with van der Waals surface area (Å²) >= 11 is 0. The zero-order valence-corrected chi connectivity index (χ0v) is 24.8. The molecule has 5 nitrogen and oxygen atoms in total. The third kappa shape index (κ3) is 4.75. The number of hydrogen-bond donors (Lipinski definition) is 1. The Balaban J connectivity index is 1.24. The number of nitrogens with zero attached hydrogens (tertiary/aromatic N) is 3. The number of furan rings is 1. The number of hydrogen-bond acceptors (Lipinski definition) is 3. The molecule has 2 N–H and O–H groups in total. The lowest BCUT2D eigenvalue weighted by Crippen LogP contribution is -2.15. The molecule has 0 aliphatic carbocycles. The van der Waals surface area contributed by atoms with Crippen molar-refractivity contribution < 1.29 is 4.42 Å². The van der Waals surface area contributed by atoms with Crippen LogP contribution in [-0.4, -0.2) is 16.1 Å². The second kappa shape index (κ2) is 11.0. The second-order valence-corrected chi connectivity index (χ2v) is 11.2. The summed E-state index contributed by atoms with van der Waals surface area (Å²) in [6.07, 6.45) is -0.481. The van der Waals surface area contributed by atoms with Gasteiger partial charge in [-0.3, -0.25) is 4.99 Å². The molecule has 8 aromatic rings. The number of nitrogens with two attached hydrogens (primary N) is 1. The minimum atomic E-state index is -0.481. The summed E-state index contributed by atoms with van der Waals surface area (Å²) in [4.78, 5) is 9.95. The molecule has 2 aromatic heterocycles. The molecule has 6 aromatic carbocycles. The Morgan fingerprint density at radius 1 is 0.578 bits per heavy atom. The van der Waals surface area contributed by atoms with E-state index in [1.807, 2.05) is 67.6 Å². The number of benzene rings is 6. The molecule has 45 heavy (non-hydrogen) atoms. The van der Waals surface area contributed by atoms with Crippen LogP contribution in [0.2, 0.25) is 0 Å². The molecule has 0 radical (unpaired) electrons. The van der Waals surface area contributed by atoms with Crippen molar-refractivity contribution in [3.8, 4) is 5.69 Å². The first-order valence-electron chi connectivity index (χ1n) is 15.1. The quantitative estimate of drug-likeness (QED) is 0.157. The molecule has 8 rings (SSSR count). The van der Waals surface area contributed by atoms with E-state index >= 15 is 0 Å². The maximum Gasteiger partial charge on any atom is 0.167 e. The Morgan fingerprint density at radius 2 is 1.16 bits per heavy atom. The van der Waals surface area contributed by atoms with Crippen LogP contribution < -0.4 is 5.73 Å². The van der Waals surface area contributed by atoms with E-state index in [4.69, 9.17) is 20.1 Å². The lowest BCUT2D eigenvalue weighted by molar-refractivity contribution is 0.669. The highest BCUT2D eigenvalue weighted by Gasteiger charge is 2.16. The highest BCUT2D eigenvalue weighted by Crippen LogP contribution is 2.35. The molecule has 0 spiro atoms. The summed E-state index contributed by atoms with van der Waals surface area (Å²) in [5, 5.41) is 4.48. The first-order valence-corrected chi connectivity index (χ1v) is 15.1. The highest BCUT2D eigenvalue weighted by atomic mass is 16.3. The van der Waals surface area contributed by atoms with Crippen LogP contribution in [0.1, 0.15) is 29.8 Å². The van der Waals surface area contributed by atoms with E-state index in [-0.39, 0.29) is 0 Å². The molecule has 2 heterocycles. The highest BCUT2D eigenvalue weighted by molar-refractivity contribution is 6.11. The Labute approximate surface area is 260 Å². The molecular weight excluding hydrogens is 552 g/mol. The Kier molecular flexibility index (Phi) is 6.50. The fourth-order valence-electron chi connectivity index (χ4n) is 6.21. The predicted molar refractivity (Wildman–Crippen MR) is 187 cm³/mol. The van der Waals surface area contributed by atoms with E-state index in [2.05, 4.69) is 89.5 Å². The van der Waals surface area contributed by atoms with E-state index in [9.17, 15) is 0 Å². The van der Waals surface area contributed by atoms with Gasteiger partial charge < -0.3 is 14.7 Å². The van der Waals surface area contributed by atoms with Crippen molar-refractivity contribution in [2.45, 2.75) is 13.1 Å². The molecular formula is C40H30N4O. The molecule has 1 unspecified atom stereocenters. The monoisotopic (exact) mass is 582 g/mol. The van der Waals surface area contributed by atoms with Gasteiger partial charge in [-0.2, -0.15) is 0 Å². The van der Waals surface area contributed by atoms with Crippen LogP contribution in [-0.2, 0) is 0 Å². The second-order valence-electron chi connectivity index (χ2n) is 11.2. The first-order chi connectivity index (χ1) is 22.1. The molecule has 0 amide bonds. The minimum absolute atomic E-state index is 0.420. The fraction of sp³-hybridized carbons (Fsp3) is 0.0500. The van der Waals surface area contributed by atoms with Crippen LogP contribution in [0.5, 0.6) is 0 Å². The number of para-hydroxylation sites is 2. The van der Waals surface area contributed by atoms with Crippen LogP contribution in [0.4, 0.5) is 0 Å². The van der Waals surface area contributed by atoms with E-state index in [0.29, 0.717) is 5.84 Å². The smallest absolute Gasteiger partial charge is 0.167 e. The molecule has 0 aliphatic heterocycles.